The van der Waals surface area contributed by atoms with Crippen molar-refractivity contribution in [1.29, 1.82) is 0 Å². The van der Waals surface area contributed by atoms with Crippen molar-refractivity contribution in [3.63, 3.8) is 0 Å². The van der Waals surface area contributed by atoms with Gasteiger partial charge in [-0.3, -0.25) is 4.79 Å². The molecule has 5 nitrogen and oxygen atoms in total. The van der Waals surface area contributed by atoms with Gasteiger partial charge >= 0.3 is 5.97 Å². The molecule has 0 saturated heterocycles. The van der Waals surface area contributed by atoms with Gasteiger partial charge in [0, 0.05) is 10.9 Å². The molecule has 0 aliphatic rings. The molecule has 0 radical (unpaired) electrons. The Kier molecular flexibility index (Phi) is 5.41. The highest BCUT2D eigenvalue weighted by atomic mass is 35.5. The van der Waals surface area contributed by atoms with Crippen LogP contribution in [-0.2, 0) is 9.53 Å². The lowest BCUT2D eigenvalue weighted by atomic mass is 10.2. The Morgan fingerprint density at radius 3 is 2.50 bits per heavy atom. The number of rotatable bonds is 4. The summed E-state index contributed by atoms with van der Waals surface area (Å²) >= 11 is 18.2. The van der Waals surface area contributed by atoms with Crippen LogP contribution in [0.4, 0.5) is 5.69 Å². The summed E-state index contributed by atoms with van der Waals surface area (Å²) in [5.74, 6) is -1.28. The number of aromatic amines is 1. The highest BCUT2D eigenvalue weighted by Crippen LogP contribution is 2.30. The molecule has 8 heteroatoms. The summed E-state index contributed by atoms with van der Waals surface area (Å²) in [6, 6.07) is 12.0. The molecule has 3 aromatic rings. The molecular formula is C18H13Cl3N2O3. The molecule has 0 fully saturated rings. The van der Waals surface area contributed by atoms with Crippen LogP contribution in [0.1, 0.15) is 17.4 Å². The third-order valence-corrected chi connectivity index (χ3v) is 4.92. The molecule has 3 rings (SSSR count). The molecule has 2 N–H and O–H groups in total. The van der Waals surface area contributed by atoms with Gasteiger partial charge in [0.25, 0.3) is 5.91 Å². The number of carbonyl (C=O) groups excluding carboxylic acids is 2. The van der Waals surface area contributed by atoms with Gasteiger partial charge in [0.05, 0.1) is 20.8 Å². The summed E-state index contributed by atoms with van der Waals surface area (Å²) in [5, 5.41) is 4.03. The Morgan fingerprint density at radius 2 is 1.77 bits per heavy atom. The van der Waals surface area contributed by atoms with E-state index >= 15 is 0 Å². The number of hydrogen-bond donors (Lipinski definition) is 2. The zero-order valence-corrected chi connectivity index (χ0v) is 15.7. The molecular weight excluding hydrogens is 399 g/mol. The van der Waals surface area contributed by atoms with Gasteiger partial charge in [-0.05, 0) is 25.1 Å². The molecule has 0 spiro atoms. The molecule has 0 aliphatic carbocycles. The van der Waals surface area contributed by atoms with Crippen LogP contribution in [0.5, 0.6) is 0 Å². The largest absolute Gasteiger partial charge is 0.448 e. The fraction of sp³-hybridized carbons (Fsp3) is 0.111. The summed E-state index contributed by atoms with van der Waals surface area (Å²) in [5.41, 5.74) is 1.12. The van der Waals surface area contributed by atoms with Gasteiger partial charge in [-0.1, -0.05) is 59.1 Å². The summed E-state index contributed by atoms with van der Waals surface area (Å²) < 4.78 is 5.21. The first kappa shape index (κ1) is 18.6. The molecule has 1 unspecified atom stereocenters. The maximum absolute atomic E-state index is 12.4. The van der Waals surface area contributed by atoms with E-state index in [-0.39, 0.29) is 15.7 Å². The number of nitrogens with one attached hydrogen (secondary N) is 2. The van der Waals surface area contributed by atoms with Crippen molar-refractivity contribution in [2.24, 2.45) is 0 Å². The number of anilines is 1. The predicted molar refractivity (Wildman–Crippen MR) is 103 cm³/mol. The van der Waals surface area contributed by atoms with E-state index in [1.165, 1.54) is 6.92 Å². The number of fused-ring (bicyclic) bond motifs is 1. The van der Waals surface area contributed by atoms with E-state index in [2.05, 4.69) is 10.3 Å². The fourth-order valence-corrected chi connectivity index (χ4v) is 2.99. The quantitative estimate of drug-likeness (QED) is 0.571. The van der Waals surface area contributed by atoms with Gasteiger partial charge in [0.15, 0.2) is 6.10 Å². The van der Waals surface area contributed by atoms with E-state index in [1.54, 1.807) is 30.3 Å². The fourth-order valence-electron chi connectivity index (χ4n) is 2.36. The normalized spacial score (nSPS) is 12.0. The van der Waals surface area contributed by atoms with Gasteiger partial charge in [-0.25, -0.2) is 4.79 Å². The van der Waals surface area contributed by atoms with Crippen molar-refractivity contribution in [1.82, 2.24) is 4.98 Å². The number of benzene rings is 2. The molecule has 1 heterocycles. The molecule has 0 bridgehead atoms. The zero-order chi connectivity index (χ0) is 18.8. The summed E-state index contributed by atoms with van der Waals surface area (Å²) in [6.45, 7) is 1.45. The van der Waals surface area contributed by atoms with E-state index in [0.717, 1.165) is 0 Å². The van der Waals surface area contributed by atoms with Crippen LogP contribution in [0.15, 0.2) is 42.5 Å². The first-order valence-corrected chi connectivity index (χ1v) is 8.74. The topological polar surface area (TPSA) is 71.2 Å². The average Bonchev–Trinajstić information content (AvgIpc) is 2.96. The Bertz CT molecular complexity index is 1000. The average molecular weight is 412 g/mol. The maximum Gasteiger partial charge on any atom is 0.357 e. The molecule has 1 amide bonds. The Morgan fingerprint density at radius 1 is 1.04 bits per heavy atom. The van der Waals surface area contributed by atoms with E-state index in [1.807, 2.05) is 12.1 Å². The molecule has 2 aromatic carbocycles. The second-order valence-corrected chi connectivity index (χ2v) is 6.66. The van der Waals surface area contributed by atoms with Crippen molar-refractivity contribution < 1.29 is 14.3 Å². The number of para-hydroxylation sites is 1. The number of halogens is 3. The molecule has 134 valence electrons. The van der Waals surface area contributed by atoms with Gasteiger partial charge in [-0.2, -0.15) is 0 Å². The number of hydrogen-bond acceptors (Lipinski definition) is 3. The van der Waals surface area contributed by atoms with Crippen molar-refractivity contribution in [2.75, 3.05) is 5.32 Å². The smallest absolute Gasteiger partial charge is 0.357 e. The Hall–Kier alpha value is -2.21. The molecule has 1 aromatic heterocycles. The summed E-state index contributed by atoms with van der Waals surface area (Å²) in [6.07, 6.45) is -1.07. The minimum absolute atomic E-state index is 0.0910. The number of aromatic nitrogens is 1. The number of carbonyl (C=O) groups is 2. The molecule has 26 heavy (non-hydrogen) atoms. The molecule has 0 saturated carbocycles. The van der Waals surface area contributed by atoms with E-state index in [9.17, 15) is 9.59 Å². The standard InChI is InChI=1S/C18H13Cl3N2O3/c1-9(17(24)23-13-8-4-6-11(19)15(13)21)26-18(25)16-14(20)10-5-2-3-7-12(10)22-16/h2-9,22H,1H3,(H,23,24). The SMILES string of the molecule is CC(OC(=O)c1[nH]c2ccccc2c1Cl)C(=O)Nc1cccc(Cl)c1Cl. The number of H-pyrrole nitrogens is 1. The van der Waals surface area contributed by atoms with Gasteiger partial charge < -0.3 is 15.0 Å². The van der Waals surface area contributed by atoms with E-state index in [4.69, 9.17) is 39.5 Å². The van der Waals surface area contributed by atoms with Crippen molar-refractivity contribution in [3.8, 4) is 0 Å². The number of ether oxygens (including phenoxy) is 1. The lowest BCUT2D eigenvalue weighted by Gasteiger charge is -2.14. The van der Waals surface area contributed by atoms with Crippen molar-refractivity contribution >= 4 is 63.3 Å². The lowest BCUT2D eigenvalue weighted by Crippen LogP contribution is -2.30. The van der Waals surface area contributed by atoms with Crippen LogP contribution in [0.2, 0.25) is 15.1 Å². The van der Waals surface area contributed by atoms with Crippen LogP contribution in [-0.4, -0.2) is 23.0 Å². The minimum Gasteiger partial charge on any atom is -0.448 e. The first-order chi connectivity index (χ1) is 12.4. The van der Waals surface area contributed by atoms with Crippen LogP contribution >= 0.6 is 34.8 Å². The zero-order valence-electron chi connectivity index (χ0n) is 13.5. The third-order valence-electron chi connectivity index (χ3n) is 3.71. The van der Waals surface area contributed by atoms with E-state index < -0.39 is 18.0 Å². The highest BCUT2D eigenvalue weighted by molar-refractivity contribution is 6.44. The van der Waals surface area contributed by atoms with Crippen LogP contribution in [0, 0.1) is 0 Å². The molecule has 0 aliphatic heterocycles. The van der Waals surface area contributed by atoms with Gasteiger partial charge in [0.1, 0.15) is 5.69 Å². The second kappa shape index (κ2) is 7.58. The van der Waals surface area contributed by atoms with Gasteiger partial charge in [0.2, 0.25) is 0 Å². The predicted octanol–water partition coefficient (Wildman–Crippen LogP) is 5.31. The second-order valence-electron chi connectivity index (χ2n) is 5.50. The monoisotopic (exact) mass is 410 g/mol. The van der Waals surface area contributed by atoms with E-state index in [0.29, 0.717) is 21.6 Å². The minimum atomic E-state index is -1.07. The summed E-state index contributed by atoms with van der Waals surface area (Å²) in [7, 11) is 0. The highest BCUT2D eigenvalue weighted by Gasteiger charge is 2.23. The number of esters is 1. The van der Waals surface area contributed by atoms with Crippen LogP contribution in [0.25, 0.3) is 10.9 Å². The van der Waals surface area contributed by atoms with Gasteiger partial charge in [-0.15, -0.1) is 0 Å². The van der Waals surface area contributed by atoms with Crippen molar-refractivity contribution in [3.05, 3.63) is 63.2 Å². The van der Waals surface area contributed by atoms with Crippen molar-refractivity contribution in [2.45, 2.75) is 13.0 Å². The van der Waals surface area contributed by atoms with Crippen LogP contribution in [0.3, 0.4) is 0 Å². The number of amides is 1. The molecule has 1 atom stereocenters. The Labute approximate surface area is 164 Å². The summed E-state index contributed by atoms with van der Waals surface area (Å²) in [4.78, 5) is 27.5. The Balaban J connectivity index is 1.73. The third kappa shape index (κ3) is 3.65. The van der Waals surface area contributed by atoms with Crippen LogP contribution < -0.4 is 5.32 Å². The lowest BCUT2D eigenvalue weighted by molar-refractivity contribution is -0.123. The maximum atomic E-state index is 12.4. The first-order valence-electron chi connectivity index (χ1n) is 7.60.